The molecule has 0 fully saturated rings. The molecule has 38 heavy (non-hydrogen) atoms. The number of benzene rings is 2. The van der Waals surface area contributed by atoms with Crippen LogP contribution in [0.1, 0.15) is 102 Å². The molecule has 0 unspecified atom stereocenters. The van der Waals surface area contributed by atoms with Crippen molar-refractivity contribution < 1.29 is 28.5 Å². The molecule has 0 aliphatic rings. The minimum absolute atomic E-state index is 0.105. The molecule has 0 N–H and O–H groups in total. The van der Waals surface area contributed by atoms with E-state index in [0.717, 1.165) is 43.6 Å². The Kier molecular flexibility index (Phi) is 15.7. The summed E-state index contributed by atoms with van der Waals surface area (Å²) in [5.41, 5.74) is 0.483. The monoisotopic (exact) mass is 526 g/mol. The highest BCUT2D eigenvalue weighted by molar-refractivity contribution is 5.91. The van der Waals surface area contributed by atoms with Crippen molar-refractivity contribution in [2.75, 3.05) is 19.8 Å². The first-order valence-corrected chi connectivity index (χ1v) is 14.3. The van der Waals surface area contributed by atoms with E-state index >= 15 is 0 Å². The first kappa shape index (κ1) is 31.2. The second kappa shape index (κ2) is 19.1. The first-order chi connectivity index (χ1) is 18.5. The second-order valence-electron chi connectivity index (χ2n) is 9.81. The maximum absolute atomic E-state index is 12.5. The lowest BCUT2D eigenvalue weighted by Crippen LogP contribution is -2.09. The Bertz CT molecular complexity index is 907. The summed E-state index contributed by atoms with van der Waals surface area (Å²) in [5.74, 6) is 2.01. The van der Waals surface area contributed by atoms with Gasteiger partial charge in [0.25, 0.3) is 0 Å². The summed E-state index contributed by atoms with van der Waals surface area (Å²) in [6.45, 7) is 8.01. The van der Waals surface area contributed by atoms with Crippen LogP contribution in [0.3, 0.4) is 0 Å². The van der Waals surface area contributed by atoms with Gasteiger partial charge in [0, 0.05) is 6.42 Å². The summed E-state index contributed by atoms with van der Waals surface area (Å²) in [6, 6.07) is 14.2. The van der Waals surface area contributed by atoms with Crippen molar-refractivity contribution in [3.63, 3.8) is 0 Å². The smallest absolute Gasteiger partial charge is 0.343 e. The number of unbranched alkanes of at least 4 members (excludes halogenated alkanes) is 8. The van der Waals surface area contributed by atoms with Crippen molar-refractivity contribution in [2.24, 2.45) is 5.92 Å². The second-order valence-corrected chi connectivity index (χ2v) is 9.81. The molecular formula is C32H46O6. The summed E-state index contributed by atoms with van der Waals surface area (Å²) in [6.07, 6.45) is 12.0. The molecule has 1 atom stereocenters. The molecule has 210 valence electrons. The maximum atomic E-state index is 12.5. The van der Waals surface area contributed by atoms with Gasteiger partial charge in [-0.1, -0.05) is 72.1 Å². The standard InChI is InChI=1S/C32H46O6/c1-4-26(3)25-37-29-19-21-30(22-20-29)38-32(34)27-15-17-28(18-16-27)35-23-13-11-9-7-6-8-10-12-14-24-36-31(33)5-2/h15-22,26H,4-14,23-25H2,1-3H3/t26-/m0/s1. The molecular weight excluding hydrogens is 480 g/mol. The van der Waals surface area contributed by atoms with Gasteiger partial charge in [0.2, 0.25) is 0 Å². The minimum Gasteiger partial charge on any atom is -0.494 e. The highest BCUT2D eigenvalue weighted by atomic mass is 16.5. The van der Waals surface area contributed by atoms with Crippen LogP contribution in [0.15, 0.2) is 48.5 Å². The van der Waals surface area contributed by atoms with Gasteiger partial charge in [-0.2, -0.15) is 0 Å². The van der Waals surface area contributed by atoms with Gasteiger partial charge in [-0.3, -0.25) is 4.79 Å². The van der Waals surface area contributed by atoms with Crippen LogP contribution < -0.4 is 14.2 Å². The van der Waals surface area contributed by atoms with Crippen molar-refractivity contribution in [3.8, 4) is 17.2 Å². The molecule has 2 rings (SSSR count). The molecule has 0 aromatic heterocycles. The number of ether oxygens (including phenoxy) is 4. The van der Waals surface area contributed by atoms with Gasteiger partial charge in [-0.25, -0.2) is 4.79 Å². The highest BCUT2D eigenvalue weighted by Gasteiger charge is 2.09. The van der Waals surface area contributed by atoms with Gasteiger partial charge in [-0.15, -0.1) is 0 Å². The number of carbonyl (C=O) groups is 2. The van der Waals surface area contributed by atoms with Crippen LogP contribution in [0.4, 0.5) is 0 Å². The van der Waals surface area contributed by atoms with Crippen LogP contribution in [-0.2, 0) is 9.53 Å². The van der Waals surface area contributed by atoms with Gasteiger partial charge in [-0.05, 0) is 67.3 Å². The zero-order chi connectivity index (χ0) is 27.4. The van der Waals surface area contributed by atoms with E-state index in [1.165, 1.54) is 32.1 Å². The van der Waals surface area contributed by atoms with Gasteiger partial charge in [0.05, 0.1) is 25.4 Å². The largest absolute Gasteiger partial charge is 0.494 e. The van der Waals surface area contributed by atoms with E-state index in [4.69, 9.17) is 18.9 Å². The third kappa shape index (κ3) is 13.5. The summed E-state index contributed by atoms with van der Waals surface area (Å²) >= 11 is 0. The lowest BCUT2D eigenvalue weighted by atomic mass is 10.1. The van der Waals surface area contributed by atoms with Crippen LogP contribution in [-0.4, -0.2) is 31.8 Å². The molecule has 0 aliphatic heterocycles. The Balaban J connectivity index is 1.52. The molecule has 0 radical (unpaired) electrons. The first-order valence-electron chi connectivity index (χ1n) is 14.3. The van der Waals surface area contributed by atoms with E-state index in [9.17, 15) is 9.59 Å². The quantitative estimate of drug-likeness (QED) is 0.0984. The van der Waals surface area contributed by atoms with Crippen LogP contribution in [0.5, 0.6) is 17.2 Å². The SMILES string of the molecule is CCC(=O)OCCCCCCCCCCCOc1ccc(C(=O)Oc2ccc(OC[C@@H](C)CC)cc2)cc1. The Morgan fingerprint density at radius 2 is 1.16 bits per heavy atom. The Morgan fingerprint density at radius 1 is 0.658 bits per heavy atom. The molecule has 6 nitrogen and oxygen atoms in total. The fraction of sp³-hybridized carbons (Fsp3) is 0.562. The molecule has 0 saturated carbocycles. The Morgan fingerprint density at radius 3 is 1.74 bits per heavy atom. The minimum atomic E-state index is -0.398. The van der Waals surface area contributed by atoms with Crippen molar-refractivity contribution >= 4 is 11.9 Å². The third-order valence-corrected chi connectivity index (χ3v) is 6.46. The number of esters is 2. The summed E-state index contributed by atoms with van der Waals surface area (Å²) < 4.78 is 22.1. The van der Waals surface area contributed by atoms with Gasteiger partial charge in [0.1, 0.15) is 17.2 Å². The van der Waals surface area contributed by atoms with Crippen LogP contribution in [0.2, 0.25) is 0 Å². The summed E-state index contributed by atoms with van der Waals surface area (Å²) in [7, 11) is 0. The maximum Gasteiger partial charge on any atom is 0.343 e. The fourth-order valence-electron chi connectivity index (χ4n) is 3.73. The van der Waals surface area contributed by atoms with Crippen molar-refractivity contribution in [2.45, 2.75) is 91.4 Å². The molecule has 0 amide bonds. The molecule has 2 aromatic rings. The lowest BCUT2D eigenvalue weighted by molar-refractivity contribution is -0.143. The average molecular weight is 527 g/mol. The van der Waals surface area contributed by atoms with Crippen LogP contribution in [0, 0.1) is 5.92 Å². The topological polar surface area (TPSA) is 71.1 Å². The van der Waals surface area contributed by atoms with E-state index in [2.05, 4.69) is 13.8 Å². The number of hydrogen-bond donors (Lipinski definition) is 0. The van der Waals surface area contributed by atoms with Gasteiger partial charge in [0.15, 0.2) is 0 Å². The third-order valence-electron chi connectivity index (χ3n) is 6.46. The van der Waals surface area contributed by atoms with E-state index in [1.54, 1.807) is 24.3 Å². The average Bonchev–Trinajstić information content (AvgIpc) is 2.95. The highest BCUT2D eigenvalue weighted by Crippen LogP contribution is 2.21. The van der Waals surface area contributed by atoms with E-state index in [-0.39, 0.29) is 5.97 Å². The molecule has 0 heterocycles. The lowest BCUT2D eigenvalue weighted by Gasteiger charge is -2.11. The number of hydrogen-bond acceptors (Lipinski definition) is 6. The molecule has 0 bridgehead atoms. The number of rotatable bonds is 20. The predicted molar refractivity (Wildman–Crippen MR) is 151 cm³/mol. The molecule has 0 saturated heterocycles. The fourth-order valence-corrected chi connectivity index (χ4v) is 3.73. The molecule has 0 spiro atoms. The van der Waals surface area contributed by atoms with Crippen molar-refractivity contribution in [1.82, 2.24) is 0 Å². The zero-order valence-electron chi connectivity index (χ0n) is 23.5. The van der Waals surface area contributed by atoms with E-state index in [1.807, 2.05) is 31.2 Å². The molecule has 6 heteroatoms. The summed E-state index contributed by atoms with van der Waals surface area (Å²) in [4.78, 5) is 23.5. The number of carbonyl (C=O) groups excluding carboxylic acids is 2. The van der Waals surface area contributed by atoms with E-state index in [0.29, 0.717) is 43.5 Å². The van der Waals surface area contributed by atoms with Gasteiger partial charge < -0.3 is 18.9 Å². The molecule has 0 aliphatic carbocycles. The summed E-state index contributed by atoms with van der Waals surface area (Å²) in [5, 5.41) is 0. The van der Waals surface area contributed by atoms with Crippen LogP contribution in [0.25, 0.3) is 0 Å². The van der Waals surface area contributed by atoms with Gasteiger partial charge >= 0.3 is 11.9 Å². The van der Waals surface area contributed by atoms with E-state index < -0.39 is 5.97 Å². The molecule has 2 aromatic carbocycles. The zero-order valence-corrected chi connectivity index (χ0v) is 23.5. The van der Waals surface area contributed by atoms with Crippen LogP contribution >= 0.6 is 0 Å². The normalized spacial score (nSPS) is 11.6. The Hall–Kier alpha value is -3.02. The van der Waals surface area contributed by atoms with Crippen molar-refractivity contribution in [1.29, 1.82) is 0 Å². The van der Waals surface area contributed by atoms with Crippen molar-refractivity contribution in [3.05, 3.63) is 54.1 Å². The Labute approximate surface area is 229 Å². The predicted octanol–water partition coefficient (Wildman–Crippen LogP) is 8.17.